The first-order valence-corrected chi connectivity index (χ1v) is 7.80. The summed E-state index contributed by atoms with van der Waals surface area (Å²) in [6, 6.07) is 6.96. The summed E-state index contributed by atoms with van der Waals surface area (Å²) >= 11 is 1.47. The van der Waals surface area contributed by atoms with Gasteiger partial charge in [-0.25, -0.2) is 9.37 Å². The molecule has 0 fully saturated rings. The lowest BCUT2D eigenvalue weighted by atomic mass is 10.2. The molecule has 0 spiro atoms. The van der Waals surface area contributed by atoms with Crippen LogP contribution >= 0.6 is 11.8 Å². The van der Waals surface area contributed by atoms with Crippen LogP contribution in [0.2, 0.25) is 0 Å². The van der Waals surface area contributed by atoms with Crippen LogP contribution in [0.25, 0.3) is 0 Å². The first-order valence-electron chi connectivity index (χ1n) is 6.81. The number of aromatic nitrogens is 2. The van der Waals surface area contributed by atoms with Gasteiger partial charge in [-0.1, -0.05) is 17.8 Å². The number of aryl methyl sites for hydroxylation is 1. The van der Waals surface area contributed by atoms with Crippen molar-refractivity contribution in [1.29, 1.82) is 0 Å². The summed E-state index contributed by atoms with van der Waals surface area (Å²) in [6.07, 6.45) is 0.154. The maximum Gasteiger partial charge on any atom is 0.254 e. The van der Waals surface area contributed by atoms with Crippen LogP contribution in [0.5, 0.6) is 0 Å². The van der Waals surface area contributed by atoms with Gasteiger partial charge in [0.15, 0.2) is 5.16 Å². The maximum atomic E-state index is 13.1. The van der Waals surface area contributed by atoms with Crippen LogP contribution in [0, 0.1) is 12.7 Å². The zero-order valence-corrected chi connectivity index (χ0v) is 12.7. The van der Waals surface area contributed by atoms with Crippen molar-refractivity contribution >= 4 is 23.4 Å². The standard InChI is InChI=1S/C15H14FN3O2S/c1-9-5-14(21)19-12(8-22-15(19)17-9)7-13(20)18-11-4-2-3-10(16)6-11/h2-6,12H,7-8H2,1H3,(H,18,20). The predicted octanol–water partition coefficient (Wildman–Crippen LogP) is 2.37. The highest BCUT2D eigenvalue weighted by atomic mass is 32.2. The summed E-state index contributed by atoms with van der Waals surface area (Å²) in [7, 11) is 0. The molecule has 0 bridgehead atoms. The Hall–Kier alpha value is -2.15. The van der Waals surface area contributed by atoms with Crippen molar-refractivity contribution in [2.45, 2.75) is 24.5 Å². The van der Waals surface area contributed by atoms with Crippen LogP contribution in [0.3, 0.4) is 0 Å². The summed E-state index contributed by atoms with van der Waals surface area (Å²) in [5, 5.41) is 3.29. The number of carbonyl (C=O) groups is 1. The van der Waals surface area contributed by atoms with Gasteiger partial charge in [0.1, 0.15) is 5.82 Å². The third-order valence-corrected chi connectivity index (χ3v) is 4.44. The number of carbonyl (C=O) groups excluding carboxylic acids is 1. The number of nitrogens with zero attached hydrogens (tertiary/aromatic N) is 2. The number of rotatable bonds is 3. The van der Waals surface area contributed by atoms with E-state index in [1.165, 1.54) is 36.0 Å². The Labute approximate surface area is 130 Å². The molecule has 1 aliphatic heterocycles. The van der Waals surface area contributed by atoms with E-state index in [1.54, 1.807) is 17.6 Å². The normalized spacial score (nSPS) is 16.4. The molecule has 2 aromatic rings. The van der Waals surface area contributed by atoms with Crippen molar-refractivity contribution in [3.63, 3.8) is 0 Å². The average molecular weight is 319 g/mol. The second kappa shape index (κ2) is 5.92. The van der Waals surface area contributed by atoms with E-state index in [2.05, 4.69) is 10.3 Å². The Balaban J connectivity index is 1.73. The summed E-state index contributed by atoms with van der Waals surface area (Å²) in [5.41, 5.74) is 0.940. The van der Waals surface area contributed by atoms with Gasteiger partial charge in [0.25, 0.3) is 5.56 Å². The number of anilines is 1. The van der Waals surface area contributed by atoms with Gasteiger partial charge in [-0.05, 0) is 25.1 Å². The monoisotopic (exact) mass is 319 g/mol. The minimum Gasteiger partial charge on any atom is -0.326 e. The lowest BCUT2D eigenvalue weighted by molar-refractivity contribution is -0.116. The Bertz CT molecular complexity index is 791. The summed E-state index contributed by atoms with van der Waals surface area (Å²) < 4.78 is 14.7. The van der Waals surface area contributed by atoms with Crippen molar-refractivity contribution in [2.75, 3.05) is 11.1 Å². The van der Waals surface area contributed by atoms with E-state index in [4.69, 9.17) is 0 Å². The Morgan fingerprint density at radius 3 is 3.09 bits per heavy atom. The molecule has 5 nitrogen and oxygen atoms in total. The van der Waals surface area contributed by atoms with Crippen LogP contribution in [0.15, 0.2) is 40.3 Å². The molecule has 3 rings (SSSR count). The molecule has 1 aromatic heterocycles. The second-order valence-corrected chi connectivity index (χ2v) is 6.10. The Morgan fingerprint density at radius 2 is 2.32 bits per heavy atom. The molecule has 1 aliphatic rings. The molecular formula is C15H14FN3O2S. The summed E-state index contributed by atoms with van der Waals surface area (Å²) in [5.74, 6) is -0.0330. The predicted molar refractivity (Wildman–Crippen MR) is 82.6 cm³/mol. The van der Waals surface area contributed by atoms with Crippen molar-refractivity contribution in [2.24, 2.45) is 0 Å². The number of thioether (sulfide) groups is 1. The van der Waals surface area contributed by atoms with E-state index < -0.39 is 5.82 Å². The number of halogens is 1. The highest BCUT2D eigenvalue weighted by Gasteiger charge is 2.27. The highest BCUT2D eigenvalue weighted by Crippen LogP contribution is 2.32. The fourth-order valence-corrected chi connectivity index (χ4v) is 3.60. The van der Waals surface area contributed by atoms with E-state index >= 15 is 0 Å². The smallest absolute Gasteiger partial charge is 0.254 e. The molecule has 1 amide bonds. The van der Waals surface area contributed by atoms with E-state index in [0.717, 1.165) is 0 Å². The molecule has 1 N–H and O–H groups in total. The van der Waals surface area contributed by atoms with Gasteiger partial charge in [-0.3, -0.25) is 14.2 Å². The van der Waals surface area contributed by atoms with Gasteiger partial charge in [0.2, 0.25) is 5.91 Å². The molecule has 1 unspecified atom stereocenters. The first-order chi connectivity index (χ1) is 10.5. The minimum absolute atomic E-state index is 0.143. The number of fused-ring (bicyclic) bond motifs is 1. The van der Waals surface area contributed by atoms with Crippen LogP contribution in [-0.4, -0.2) is 21.2 Å². The van der Waals surface area contributed by atoms with E-state index in [1.807, 2.05) is 0 Å². The van der Waals surface area contributed by atoms with Gasteiger partial charge in [0, 0.05) is 29.6 Å². The first kappa shape index (κ1) is 14.8. The molecular weight excluding hydrogens is 305 g/mol. The van der Waals surface area contributed by atoms with E-state index in [-0.39, 0.29) is 23.9 Å². The van der Waals surface area contributed by atoms with Crippen molar-refractivity contribution in [3.05, 3.63) is 52.2 Å². The molecule has 7 heteroatoms. The lowest BCUT2D eigenvalue weighted by Crippen LogP contribution is -2.27. The van der Waals surface area contributed by atoms with Crippen molar-refractivity contribution in [3.8, 4) is 0 Å². The number of hydrogen-bond donors (Lipinski definition) is 1. The molecule has 1 aromatic carbocycles. The van der Waals surface area contributed by atoms with Crippen molar-refractivity contribution in [1.82, 2.24) is 9.55 Å². The number of hydrogen-bond acceptors (Lipinski definition) is 4. The molecule has 1 atom stereocenters. The zero-order chi connectivity index (χ0) is 15.7. The topological polar surface area (TPSA) is 64.0 Å². The van der Waals surface area contributed by atoms with E-state index in [0.29, 0.717) is 22.3 Å². The molecule has 0 radical (unpaired) electrons. The number of nitrogens with one attached hydrogen (secondary N) is 1. The fraction of sp³-hybridized carbons (Fsp3) is 0.267. The lowest BCUT2D eigenvalue weighted by Gasteiger charge is -2.13. The van der Waals surface area contributed by atoms with E-state index in [9.17, 15) is 14.0 Å². The Morgan fingerprint density at radius 1 is 1.50 bits per heavy atom. The highest BCUT2D eigenvalue weighted by molar-refractivity contribution is 7.99. The minimum atomic E-state index is -0.407. The maximum absolute atomic E-state index is 13.1. The van der Waals surface area contributed by atoms with Gasteiger partial charge >= 0.3 is 0 Å². The molecule has 2 heterocycles. The number of amides is 1. The average Bonchev–Trinajstić information content (AvgIpc) is 2.81. The molecule has 0 saturated carbocycles. The second-order valence-electron chi connectivity index (χ2n) is 5.12. The third kappa shape index (κ3) is 3.04. The van der Waals surface area contributed by atoms with Crippen LogP contribution < -0.4 is 10.9 Å². The SMILES string of the molecule is Cc1cc(=O)n2c(n1)SCC2CC(=O)Nc1cccc(F)c1. The van der Waals surface area contributed by atoms with Crippen LogP contribution in [-0.2, 0) is 4.79 Å². The quantitative estimate of drug-likeness (QED) is 0.882. The van der Waals surface area contributed by atoms with Gasteiger partial charge < -0.3 is 5.32 Å². The van der Waals surface area contributed by atoms with Gasteiger partial charge in [-0.15, -0.1) is 0 Å². The molecule has 0 saturated heterocycles. The number of benzene rings is 1. The zero-order valence-electron chi connectivity index (χ0n) is 11.9. The Kier molecular flexibility index (Phi) is 3.98. The third-order valence-electron chi connectivity index (χ3n) is 3.35. The largest absolute Gasteiger partial charge is 0.326 e. The van der Waals surface area contributed by atoms with Crippen LogP contribution in [0.4, 0.5) is 10.1 Å². The fourth-order valence-electron chi connectivity index (χ4n) is 2.41. The summed E-state index contributed by atoms with van der Waals surface area (Å²) in [6.45, 7) is 1.77. The molecule has 114 valence electrons. The van der Waals surface area contributed by atoms with Crippen LogP contribution in [0.1, 0.15) is 18.2 Å². The van der Waals surface area contributed by atoms with Gasteiger partial charge in [0.05, 0.1) is 6.04 Å². The molecule has 22 heavy (non-hydrogen) atoms. The molecule has 0 aliphatic carbocycles. The summed E-state index contributed by atoms with van der Waals surface area (Å²) in [4.78, 5) is 28.5. The van der Waals surface area contributed by atoms with Gasteiger partial charge in [-0.2, -0.15) is 0 Å². The van der Waals surface area contributed by atoms with Crippen molar-refractivity contribution < 1.29 is 9.18 Å².